The van der Waals surface area contributed by atoms with Crippen molar-refractivity contribution in [2.24, 2.45) is 0 Å². The molecule has 0 saturated heterocycles. The number of carbonyl (C=O) groups excluding carboxylic acids is 3. The van der Waals surface area contributed by atoms with Crippen molar-refractivity contribution in [1.29, 1.82) is 0 Å². The number of carbonyl (C=O) groups is 3. The van der Waals surface area contributed by atoms with Crippen LogP contribution in [0.2, 0.25) is 0 Å². The lowest BCUT2D eigenvalue weighted by Crippen LogP contribution is -2.30. The van der Waals surface area contributed by atoms with Gasteiger partial charge in [-0.2, -0.15) is 0 Å². The third-order valence-electron chi connectivity index (χ3n) is 3.21. The smallest absolute Gasteiger partial charge is 0.338 e. The van der Waals surface area contributed by atoms with Crippen LogP contribution in [-0.2, 0) is 14.3 Å². The molecule has 2 rings (SSSR count). The van der Waals surface area contributed by atoms with Gasteiger partial charge in [-0.15, -0.1) is 0 Å². The number of amides is 2. The van der Waals surface area contributed by atoms with Gasteiger partial charge in [-0.25, -0.2) is 9.18 Å². The fraction of sp³-hybridized carbons (Fsp3) is 0.167. The summed E-state index contributed by atoms with van der Waals surface area (Å²) in [4.78, 5) is 34.9. The van der Waals surface area contributed by atoms with E-state index >= 15 is 0 Å². The van der Waals surface area contributed by atoms with Crippen molar-refractivity contribution in [3.8, 4) is 0 Å². The van der Waals surface area contributed by atoms with Crippen molar-refractivity contribution >= 4 is 29.2 Å². The van der Waals surface area contributed by atoms with Crippen LogP contribution in [0.3, 0.4) is 0 Å². The number of esters is 1. The summed E-state index contributed by atoms with van der Waals surface area (Å²) in [6, 6.07) is 11.3. The van der Waals surface area contributed by atoms with Crippen LogP contribution in [-0.4, -0.2) is 23.9 Å². The summed E-state index contributed by atoms with van der Waals surface area (Å²) in [5.74, 6) is -1.89. The molecule has 0 heterocycles. The van der Waals surface area contributed by atoms with E-state index in [4.69, 9.17) is 4.74 Å². The van der Waals surface area contributed by atoms with Gasteiger partial charge >= 0.3 is 5.97 Å². The maximum absolute atomic E-state index is 12.8. The Morgan fingerprint density at radius 2 is 1.44 bits per heavy atom. The van der Waals surface area contributed by atoms with E-state index in [0.29, 0.717) is 11.4 Å². The highest BCUT2D eigenvalue weighted by atomic mass is 19.1. The van der Waals surface area contributed by atoms with Crippen LogP contribution >= 0.6 is 0 Å². The van der Waals surface area contributed by atoms with E-state index < -0.39 is 23.8 Å². The first-order chi connectivity index (χ1) is 11.8. The highest BCUT2D eigenvalue weighted by Gasteiger charge is 2.19. The van der Waals surface area contributed by atoms with Crippen LogP contribution in [0, 0.1) is 5.82 Å². The lowest BCUT2D eigenvalue weighted by atomic mass is 10.2. The third-order valence-corrected chi connectivity index (χ3v) is 3.21. The van der Waals surface area contributed by atoms with E-state index in [1.807, 2.05) is 0 Å². The van der Waals surface area contributed by atoms with E-state index in [1.165, 1.54) is 26.0 Å². The number of nitrogens with one attached hydrogen (secondary N) is 2. The molecule has 0 aromatic heterocycles. The molecule has 0 aliphatic carbocycles. The molecule has 0 saturated carbocycles. The number of hydrogen-bond donors (Lipinski definition) is 2. The summed E-state index contributed by atoms with van der Waals surface area (Å²) >= 11 is 0. The molecule has 0 aliphatic heterocycles. The minimum absolute atomic E-state index is 0.153. The Morgan fingerprint density at radius 1 is 0.920 bits per heavy atom. The lowest BCUT2D eigenvalue weighted by Gasteiger charge is -2.14. The second-order valence-corrected chi connectivity index (χ2v) is 5.30. The predicted molar refractivity (Wildman–Crippen MR) is 90.7 cm³/mol. The molecule has 7 heteroatoms. The van der Waals surface area contributed by atoms with Gasteiger partial charge in [0.2, 0.25) is 5.91 Å². The maximum Gasteiger partial charge on any atom is 0.338 e. The van der Waals surface area contributed by atoms with E-state index in [2.05, 4.69) is 10.6 Å². The van der Waals surface area contributed by atoms with E-state index in [0.717, 1.165) is 12.1 Å². The van der Waals surface area contributed by atoms with Gasteiger partial charge in [0.1, 0.15) is 5.82 Å². The van der Waals surface area contributed by atoms with Crippen molar-refractivity contribution in [2.45, 2.75) is 20.0 Å². The van der Waals surface area contributed by atoms with Gasteiger partial charge in [-0.1, -0.05) is 0 Å². The number of halogens is 1. The van der Waals surface area contributed by atoms with Crippen molar-refractivity contribution < 1.29 is 23.5 Å². The topological polar surface area (TPSA) is 84.5 Å². The Kier molecular flexibility index (Phi) is 5.84. The second kappa shape index (κ2) is 8.05. The van der Waals surface area contributed by atoms with Gasteiger partial charge in [-0.05, 0) is 55.5 Å². The number of anilines is 2. The molecule has 1 atom stereocenters. The molecule has 130 valence electrons. The molecule has 25 heavy (non-hydrogen) atoms. The molecule has 0 bridgehead atoms. The Morgan fingerprint density at radius 3 is 1.96 bits per heavy atom. The predicted octanol–water partition coefficient (Wildman–Crippen LogP) is 2.97. The Labute approximate surface area is 144 Å². The zero-order chi connectivity index (χ0) is 18.4. The average molecular weight is 344 g/mol. The molecule has 0 radical (unpaired) electrons. The molecule has 0 spiro atoms. The van der Waals surface area contributed by atoms with Gasteiger partial charge in [0.05, 0.1) is 5.56 Å². The average Bonchev–Trinajstić information content (AvgIpc) is 2.56. The van der Waals surface area contributed by atoms with E-state index in [-0.39, 0.29) is 11.5 Å². The van der Waals surface area contributed by atoms with Crippen molar-refractivity contribution in [2.75, 3.05) is 10.6 Å². The minimum Gasteiger partial charge on any atom is -0.449 e. The summed E-state index contributed by atoms with van der Waals surface area (Å²) in [6.07, 6.45) is -1.03. The lowest BCUT2D eigenvalue weighted by molar-refractivity contribution is -0.123. The summed E-state index contributed by atoms with van der Waals surface area (Å²) in [5, 5.41) is 5.21. The van der Waals surface area contributed by atoms with Gasteiger partial charge in [-0.3, -0.25) is 9.59 Å². The Balaban J connectivity index is 1.92. The number of hydrogen-bond acceptors (Lipinski definition) is 4. The van der Waals surface area contributed by atoms with Crippen LogP contribution in [0.15, 0.2) is 48.5 Å². The van der Waals surface area contributed by atoms with Crippen molar-refractivity contribution in [1.82, 2.24) is 0 Å². The highest BCUT2D eigenvalue weighted by Crippen LogP contribution is 2.14. The quantitative estimate of drug-likeness (QED) is 0.817. The molecule has 2 N–H and O–H groups in total. The standard InChI is InChI=1S/C18H17FN2O4/c1-11(25-18(24)13-3-5-14(19)6-4-13)17(23)21-16-9-7-15(8-10-16)20-12(2)22/h3-11H,1-2H3,(H,20,22)(H,21,23). The van der Waals surface area contributed by atoms with E-state index in [9.17, 15) is 18.8 Å². The number of benzene rings is 2. The van der Waals surface area contributed by atoms with Crippen molar-refractivity contribution in [3.05, 3.63) is 59.9 Å². The maximum atomic E-state index is 12.8. The fourth-order valence-corrected chi connectivity index (χ4v) is 1.95. The second-order valence-electron chi connectivity index (χ2n) is 5.30. The van der Waals surface area contributed by atoms with Crippen LogP contribution < -0.4 is 10.6 Å². The van der Waals surface area contributed by atoms with E-state index in [1.54, 1.807) is 24.3 Å². The molecule has 2 amide bonds. The third kappa shape index (κ3) is 5.42. The molecular weight excluding hydrogens is 327 g/mol. The van der Waals surface area contributed by atoms with Crippen LogP contribution in [0.25, 0.3) is 0 Å². The molecule has 0 aliphatic rings. The van der Waals surface area contributed by atoms with Crippen molar-refractivity contribution in [3.63, 3.8) is 0 Å². The van der Waals surface area contributed by atoms with Gasteiger partial charge in [0.15, 0.2) is 6.10 Å². The zero-order valence-electron chi connectivity index (χ0n) is 13.7. The first-order valence-electron chi connectivity index (χ1n) is 7.50. The van der Waals surface area contributed by atoms with Crippen LogP contribution in [0.4, 0.5) is 15.8 Å². The molecular formula is C18H17FN2O4. The number of rotatable bonds is 5. The zero-order valence-corrected chi connectivity index (χ0v) is 13.7. The first-order valence-corrected chi connectivity index (χ1v) is 7.50. The van der Waals surface area contributed by atoms with Crippen LogP contribution in [0.5, 0.6) is 0 Å². The largest absolute Gasteiger partial charge is 0.449 e. The SMILES string of the molecule is CC(=O)Nc1ccc(NC(=O)C(C)OC(=O)c2ccc(F)cc2)cc1. The molecule has 2 aromatic rings. The molecule has 1 unspecified atom stereocenters. The number of ether oxygens (including phenoxy) is 1. The van der Waals surface area contributed by atoms with Gasteiger partial charge in [0.25, 0.3) is 5.91 Å². The molecule has 6 nitrogen and oxygen atoms in total. The summed E-state index contributed by atoms with van der Waals surface area (Å²) < 4.78 is 17.9. The minimum atomic E-state index is -1.03. The summed E-state index contributed by atoms with van der Waals surface area (Å²) in [7, 11) is 0. The Bertz CT molecular complexity index is 773. The van der Waals surface area contributed by atoms with Gasteiger partial charge < -0.3 is 15.4 Å². The summed E-state index contributed by atoms with van der Waals surface area (Å²) in [6.45, 7) is 2.83. The highest BCUT2D eigenvalue weighted by molar-refractivity contribution is 5.97. The normalized spacial score (nSPS) is 11.3. The molecule has 0 fully saturated rings. The fourth-order valence-electron chi connectivity index (χ4n) is 1.95. The molecule has 2 aromatic carbocycles. The summed E-state index contributed by atoms with van der Waals surface area (Å²) in [5.41, 5.74) is 1.24. The van der Waals surface area contributed by atoms with Crippen LogP contribution in [0.1, 0.15) is 24.2 Å². The van der Waals surface area contributed by atoms with Gasteiger partial charge in [0, 0.05) is 18.3 Å². The first kappa shape index (κ1) is 18.1. The monoisotopic (exact) mass is 344 g/mol. The Hall–Kier alpha value is -3.22.